The van der Waals surface area contributed by atoms with Crippen molar-refractivity contribution in [3.8, 4) is 5.75 Å². The van der Waals surface area contributed by atoms with Crippen LogP contribution < -0.4 is 10.1 Å². The van der Waals surface area contributed by atoms with Crippen LogP contribution in [0, 0.1) is 0 Å². The Bertz CT molecular complexity index is 413. The summed E-state index contributed by atoms with van der Waals surface area (Å²) in [5.74, 6) is 0.592. The molecule has 0 radical (unpaired) electrons. The van der Waals surface area contributed by atoms with Gasteiger partial charge < -0.3 is 14.8 Å². The fraction of sp³-hybridized carbons (Fsp3) is 0.643. The third-order valence-corrected chi connectivity index (χ3v) is 2.64. The van der Waals surface area contributed by atoms with Gasteiger partial charge in [-0.2, -0.15) is 13.2 Å². The Morgan fingerprint density at radius 3 is 2.67 bits per heavy atom. The molecule has 0 aliphatic carbocycles. The Hall–Kier alpha value is -1.34. The van der Waals surface area contributed by atoms with E-state index in [1.54, 1.807) is 18.5 Å². The van der Waals surface area contributed by atoms with Crippen molar-refractivity contribution in [3.05, 3.63) is 24.0 Å². The predicted molar refractivity (Wildman–Crippen MR) is 73.3 cm³/mol. The first kappa shape index (κ1) is 17.7. The molecule has 120 valence electrons. The van der Waals surface area contributed by atoms with Gasteiger partial charge in [0.2, 0.25) is 0 Å². The van der Waals surface area contributed by atoms with Crippen LogP contribution in [-0.2, 0) is 4.74 Å². The molecule has 0 saturated heterocycles. The number of halogens is 3. The van der Waals surface area contributed by atoms with Crippen LogP contribution in [0.3, 0.4) is 0 Å². The van der Waals surface area contributed by atoms with E-state index in [-0.39, 0.29) is 12.6 Å². The Morgan fingerprint density at radius 2 is 2.05 bits per heavy atom. The molecular weight excluding hydrogens is 285 g/mol. The zero-order valence-electron chi connectivity index (χ0n) is 12.2. The molecule has 0 amide bonds. The zero-order chi connectivity index (χ0) is 15.7. The average Bonchev–Trinajstić information content (AvgIpc) is 2.42. The first-order chi connectivity index (χ1) is 9.96. The van der Waals surface area contributed by atoms with Crippen LogP contribution in [0.1, 0.15) is 31.9 Å². The third kappa shape index (κ3) is 7.29. The minimum Gasteiger partial charge on any atom is -0.492 e. The van der Waals surface area contributed by atoms with Gasteiger partial charge in [0.15, 0.2) is 0 Å². The monoisotopic (exact) mass is 306 g/mol. The summed E-state index contributed by atoms with van der Waals surface area (Å²) in [5.41, 5.74) is 0.747. The molecule has 1 unspecified atom stereocenters. The predicted octanol–water partition coefficient (Wildman–Crippen LogP) is 3.10. The SMILES string of the molecule is CCCNC(COCC(F)(F)F)c1cncc(OCC)c1. The van der Waals surface area contributed by atoms with Gasteiger partial charge in [0.25, 0.3) is 0 Å². The number of ether oxygens (including phenoxy) is 2. The van der Waals surface area contributed by atoms with Crippen molar-refractivity contribution in [2.75, 3.05) is 26.4 Å². The van der Waals surface area contributed by atoms with Crippen LogP contribution >= 0.6 is 0 Å². The Balaban J connectivity index is 2.69. The highest BCUT2D eigenvalue weighted by molar-refractivity contribution is 5.26. The van der Waals surface area contributed by atoms with Crippen LogP contribution in [0.2, 0.25) is 0 Å². The lowest BCUT2D eigenvalue weighted by Gasteiger charge is -2.20. The quantitative estimate of drug-likeness (QED) is 0.761. The minimum absolute atomic E-state index is 0.0727. The van der Waals surface area contributed by atoms with Crippen molar-refractivity contribution >= 4 is 0 Å². The summed E-state index contributed by atoms with van der Waals surface area (Å²) < 4.78 is 46.5. The highest BCUT2D eigenvalue weighted by Gasteiger charge is 2.28. The van der Waals surface area contributed by atoms with Crippen molar-refractivity contribution in [1.82, 2.24) is 10.3 Å². The normalized spacial score (nSPS) is 13.2. The minimum atomic E-state index is -4.32. The molecule has 7 heteroatoms. The first-order valence-electron chi connectivity index (χ1n) is 6.92. The molecule has 0 aromatic carbocycles. The van der Waals surface area contributed by atoms with E-state index in [2.05, 4.69) is 10.3 Å². The van der Waals surface area contributed by atoms with E-state index in [4.69, 9.17) is 9.47 Å². The number of hydrogen-bond acceptors (Lipinski definition) is 4. The summed E-state index contributed by atoms with van der Waals surface area (Å²) in [4.78, 5) is 4.05. The van der Waals surface area contributed by atoms with E-state index >= 15 is 0 Å². The molecule has 1 heterocycles. The van der Waals surface area contributed by atoms with Gasteiger partial charge in [-0.3, -0.25) is 4.98 Å². The van der Waals surface area contributed by atoms with Gasteiger partial charge >= 0.3 is 6.18 Å². The second-order valence-electron chi connectivity index (χ2n) is 4.52. The van der Waals surface area contributed by atoms with Crippen molar-refractivity contribution in [3.63, 3.8) is 0 Å². The maximum atomic E-state index is 12.1. The Morgan fingerprint density at radius 1 is 1.29 bits per heavy atom. The molecule has 0 bridgehead atoms. The first-order valence-corrected chi connectivity index (χ1v) is 6.92. The number of aromatic nitrogens is 1. The molecule has 1 N–H and O–H groups in total. The van der Waals surface area contributed by atoms with E-state index in [0.29, 0.717) is 18.9 Å². The van der Waals surface area contributed by atoms with Gasteiger partial charge in [-0.15, -0.1) is 0 Å². The van der Waals surface area contributed by atoms with Gasteiger partial charge in [-0.1, -0.05) is 6.92 Å². The van der Waals surface area contributed by atoms with Gasteiger partial charge in [0, 0.05) is 6.20 Å². The van der Waals surface area contributed by atoms with Gasteiger partial charge in [0.05, 0.1) is 25.5 Å². The molecule has 1 aromatic heterocycles. The van der Waals surface area contributed by atoms with E-state index in [0.717, 1.165) is 12.0 Å². The lowest BCUT2D eigenvalue weighted by Crippen LogP contribution is -2.28. The number of alkyl halides is 3. The van der Waals surface area contributed by atoms with Crippen molar-refractivity contribution in [2.24, 2.45) is 0 Å². The molecule has 1 rings (SSSR count). The topological polar surface area (TPSA) is 43.4 Å². The maximum Gasteiger partial charge on any atom is 0.411 e. The lowest BCUT2D eigenvalue weighted by atomic mass is 10.1. The smallest absolute Gasteiger partial charge is 0.411 e. The number of rotatable bonds is 9. The fourth-order valence-corrected chi connectivity index (χ4v) is 1.76. The van der Waals surface area contributed by atoms with Crippen LogP contribution in [0.25, 0.3) is 0 Å². The molecule has 0 aliphatic heterocycles. The zero-order valence-corrected chi connectivity index (χ0v) is 12.2. The molecule has 4 nitrogen and oxygen atoms in total. The van der Waals surface area contributed by atoms with Gasteiger partial charge in [-0.25, -0.2) is 0 Å². The Labute approximate surface area is 122 Å². The van der Waals surface area contributed by atoms with Gasteiger partial charge in [-0.05, 0) is 31.5 Å². The van der Waals surface area contributed by atoms with E-state index in [1.165, 1.54) is 0 Å². The van der Waals surface area contributed by atoms with Crippen LogP contribution in [0.15, 0.2) is 18.5 Å². The molecular formula is C14H21F3N2O2. The van der Waals surface area contributed by atoms with E-state index in [9.17, 15) is 13.2 Å². The number of hydrogen-bond donors (Lipinski definition) is 1. The summed E-state index contributed by atoms with van der Waals surface area (Å²) in [7, 11) is 0. The average molecular weight is 306 g/mol. The van der Waals surface area contributed by atoms with Crippen LogP contribution in [0.4, 0.5) is 13.2 Å². The fourth-order valence-electron chi connectivity index (χ4n) is 1.76. The van der Waals surface area contributed by atoms with E-state index in [1.807, 2.05) is 13.8 Å². The largest absolute Gasteiger partial charge is 0.492 e. The summed E-state index contributed by atoms with van der Waals surface area (Å²) in [6, 6.07) is 1.42. The summed E-state index contributed by atoms with van der Waals surface area (Å²) in [5, 5.41) is 3.15. The second kappa shape index (κ2) is 8.84. The molecule has 1 aromatic rings. The third-order valence-electron chi connectivity index (χ3n) is 2.64. The number of nitrogens with one attached hydrogen (secondary N) is 1. The van der Waals surface area contributed by atoms with Crippen LogP contribution in [0.5, 0.6) is 5.75 Å². The van der Waals surface area contributed by atoms with Crippen molar-refractivity contribution in [2.45, 2.75) is 32.5 Å². The highest BCUT2D eigenvalue weighted by atomic mass is 19.4. The molecule has 0 fully saturated rings. The van der Waals surface area contributed by atoms with Gasteiger partial charge in [0.1, 0.15) is 12.4 Å². The molecule has 1 atom stereocenters. The standard InChI is InChI=1S/C14H21F3N2O2/c1-3-5-19-13(9-20-10-14(15,16)17)11-6-12(21-4-2)8-18-7-11/h6-8,13,19H,3-5,9-10H2,1-2H3. The maximum absolute atomic E-state index is 12.1. The summed E-state index contributed by atoms with van der Waals surface area (Å²) in [6.45, 7) is 3.69. The summed E-state index contributed by atoms with van der Waals surface area (Å²) >= 11 is 0. The second-order valence-corrected chi connectivity index (χ2v) is 4.52. The Kier molecular flexibility index (Phi) is 7.45. The molecule has 0 aliphatic rings. The highest BCUT2D eigenvalue weighted by Crippen LogP contribution is 2.20. The number of pyridine rings is 1. The van der Waals surface area contributed by atoms with E-state index < -0.39 is 12.8 Å². The molecule has 0 saturated carbocycles. The lowest BCUT2D eigenvalue weighted by molar-refractivity contribution is -0.175. The molecule has 0 spiro atoms. The number of nitrogens with zero attached hydrogens (tertiary/aromatic N) is 1. The van der Waals surface area contributed by atoms with Crippen molar-refractivity contribution in [1.29, 1.82) is 0 Å². The van der Waals surface area contributed by atoms with Crippen LogP contribution in [-0.4, -0.2) is 37.5 Å². The molecule has 21 heavy (non-hydrogen) atoms. The van der Waals surface area contributed by atoms with Crippen molar-refractivity contribution < 1.29 is 22.6 Å². The summed E-state index contributed by atoms with van der Waals surface area (Å²) in [6.07, 6.45) is -0.275.